The minimum Gasteiger partial charge on any atom is -0.495 e. The molecule has 3 amide bonds. The minimum absolute atomic E-state index is 0.0387. The van der Waals surface area contributed by atoms with Crippen LogP contribution in [0.5, 0.6) is 5.75 Å². The summed E-state index contributed by atoms with van der Waals surface area (Å²) in [6.07, 6.45) is 1.33. The van der Waals surface area contributed by atoms with Crippen LogP contribution in [0, 0.1) is 23.2 Å². The number of rotatable bonds is 19. The number of ketones is 1. The van der Waals surface area contributed by atoms with Gasteiger partial charge in [0, 0.05) is 38.1 Å². The number of cyclic esters (lactones) is 2. The van der Waals surface area contributed by atoms with Gasteiger partial charge in [0.2, 0.25) is 17.7 Å². The molecule has 1 saturated heterocycles. The molecule has 0 radical (unpaired) electrons. The molecule has 390 valence electrons. The highest BCUT2D eigenvalue weighted by atomic mass is 35.5. The summed E-state index contributed by atoms with van der Waals surface area (Å²) in [5.74, 6) is -3.38. The van der Waals surface area contributed by atoms with Gasteiger partial charge in [0.25, 0.3) is 0 Å². The van der Waals surface area contributed by atoms with Crippen LogP contribution in [0.2, 0.25) is 5.02 Å². The van der Waals surface area contributed by atoms with Crippen LogP contribution in [0.1, 0.15) is 109 Å². The quantitative estimate of drug-likeness (QED) is 0.0580. The van der Waals surface area contributed by atoms with E-state index in [1.54, 1.807) is 69.3 Å². The van der Waals surface area contributed by atoms with Crippen molar-refractivity contribution in [1.82, 2.24) is 16.0 Å². The van der Waals surface area contributed by atoms with E-state index in [1.165, 1.54) is 13.2 Å². The van der Waals surface area contributed by atoms with Crippen molar-refractivity contribution in [2.45, 2.75) is 143 Å². The minimum atomic E-state index is -1.26. The van der Waals surface area contributed by atoms with Crippen LogP contribution in [0.15, 0.2) is 78.9 Å². The molecule has 0 saturated carbocycles. The van der Waals surface area contributed by atoms with Crippen LogP contribution in [-0.4, -0.2) is 91.5 Å². The van der Waals surface area contributed by atoms with Crippen molar-refractivity contribution in [3.63, 3.8) is 0 Å². The second-order valence-electron chi connectivity index (χ2n) is 20.2. The molecule has 3 aromatic rings. The molecule has 2 heterocycles. The molecule has 72 heavy (non-hydrogen) atoms. The Morgan fingerprint density at radius 3 is 2.18 bits per heavy atom. The molecule has 0 unspecified atom stereocenters. The summed E-state index contributed by atoms with van der Waals surface area (Å²) in [7, 11) is 1.49. The number of Topliss-reactive ketones (excluding diaryl/α,β-unsaturated/α-hetero) is 1. The molecule has 5 rings (SSSR count). The van der Waals surface area contributed by atoms with Gasteiger partial charge in [0.15, 0.2) is 11.9 Å². The molecule has 8 atom stereocenters. The number of hydrogen-bond donors (Lipinski definition) is 4. The van der Waals surface area contributed by atoms with Crippen molar-refractivity contribution in [1.29, 1.82) is 0 Å². The molecule has 0 bridgehead atoms. The lowest BCUT2D eigenvalue weighted by atomic mass is 9.92. The number of methoxy groups -OCH3 is 1. The van der Waals surface area contributed by atoms with Gasteiger partial charge in [-0.05, 0) is 91.5 Å². The van der Waals surface area contributed by atoms with Crippen LogP contribution >= 0.6 is 11.6 Å². The molecule has 2 aliphatic rings. The fraction of sp³-hybridized carbons (Fsp3) is 0.509. The molecular formula is C55H71ClN4O12. The van der Waals surface area contributed by atoms with Crippen molar-refractivity contribution < 1.29 is 57.2 Å². The third-order valence-corrected chi connectivity index (χ3v) is 13.2. The second-order valence-corrected chi connectivity index (χ2v) is 20.6. The zero-order valence-electron chi connectivity index (χ0n) is 42.8. The van der Waals surface area contributed by atoms with Crippen molar-refractivity contribution in [3.8, 4) is 5.75 Å². The number of carbonyl (C=O) groups excluding carboxylic acids is 7. The molecule has 0 spiro atoms. The summed E-state index contributed by atoms with van der Waals surface area (Å²) in [4.78, 5) is 92.3. The second kappa shape index (κ2) is 26.0. The molecule has 0 aliphatic carbocycles. The fourth-order valence-electron chi connectivity index (χ4n) is 7.98. The van der Waals surface area contributed by atoms with E-state index in [0.717, 1.165) is 22.3 Å². The van der Waals surface area contributed by atoms with E-state index in [1.807, 2.05) is 58.9 Å². The number of halogens is 1. The van der Waals surface area contributed by atoms with Gasteiger partial charge in [-0.25, -0.2) is 4.79 Å². The number of epoxide rings is 1. The zero-order valence-corrected chi connectivity index (χ0v) is 43.5. The highest BCUT2D eigenvalue weighted by molar-refractivity contribution is 6.32. The summed E-state index contributed by atoms with van der Waals surface area (Å²) < 4.78 is 29.0. The molecule has 3 aromatic carbocycles. The maximum Gasteiger partial charge on any atom is 0.347 e. The number of esters is 3. The van der Waals surface area contributed by atoms with Crippen molar-refractivity contribution in [2.75, 3.05) is 13.7 Å². The van der Waals surface area contributed by atoms with E-state index >= 15 is 0 Å². The first-order valence-electron chi connectivity index (χ1n) is 24.6. The van der Waals surface area contributed by atoms with Crippen LogP contribution in [0.3, 0.4) is 0 Å². The van der Waals surface area contributed by atoms with Crippen LogP contribution in [-0.2, 0) is 78.4 Å². The van der Waals surface area contributed by atoms with Gasteiger partial charge in [0.05, 0.1) is 35.7 Å². The highest BCUT2D eigenvalue weighted by Crippen LogP contribution is 2.45. The number of nitrogens with two attached hydrogens (primary N) is 1. The van der Waals surface area contributed by atoms with Gasteiger partial charge >= 0.3 is 17.9 Å². The smallest absolute Gasteiger partial charge is 0.347 e. The summed E-state index contributed by atoms with van der Waals surface area (Å²) in [6, 6.07) is 17.6. The van der Waals surface area contributed by atoms with Crippen LogP contribution in [0.4, 0.5) is 0 Å². The van der Waals surface area contributed by atoms with Gasteiger partial charge in [-0.2, -0.15) is 0 Å². The normalized spacial score (nSPS) is 22.3. The number of hydrogen-bond acceptors (Lipinski definition) is 13. The molecular weight excluding hydrogens is 944 g/mol. The third kappa shape index (κ3) is 16.7. The number of ether oxygens (including phenoxy) is 5. The summed E-state index contributed by atoms with van der Waals surface area (Å²) >= 11 is 6.37. The Labute approximate surface area is 427 Å². The standard InChI is InChI=1S/C55H71ClN4O12/c1-31(2)25-45-53(66)70-43(11-10-12-46(62)60-41(27-38-19-23-44(68-9)40(56)26-38)51(64)58-30-55(7,8)54(67)71-45)33(5)49-50(72-49)39-21-17-35(18-22-39)20-24-47(63)69-29-37-15-13-36(14-16-37)28-42(61)34(6)59-52(65)48(57)32(3)4/h10,12-19,21-23,26,31-34,41,43,45,48-50H,11,20,24-25,27-30,57H2,1-9H3,(H,58,64)(H,59,65)(H,60,62)/b12-10+/t33-,34-,41+,43-,45-,48-,49+,50+/m0/s1. The lowest BCUT2D eigenvalue weighted by molar-refractivity contribution is -0.179. The fourth-order valence-corrected chi connectivity index (χ4v) is 8.26. The van der Waals surface area contributed by atoms with Crippen molar-refractivity contribution in [3.05, 3.63) is 112 Å². The highest BCUT2D eigenvalue weighted by Gasteiger charge is 2.48. The average molecular weight is 1020 g/mol. The lowest BCUT2D eigenvalue weighted by Gasteiger charge is -2.29. The first-order valence-corrected chi connectivity index (χ1v) is 25.0. The number of carbonyl (C=O) groups is 7. The van der Waals surface area contributed by atoms with Crippen molar-refractivity contribution in [2.24, 2.45) is 28.9 Å². The lowest BCUT2D eigenvalue weighted by Crippen LogP contribution is -2.51. The Morgan fingerprint density at radius 2 is 1.54 bits per heavy atom. The van der Waals surface area contributed by atoms with Crippen molar-refractivity contribution >= 4 is 53.0 Å². The molecule has 5 N–H and O–H groups in total. The van der Waals surface area contributed by atoms with Crippen LogP contribution in [0.25, 0.3) is 0 Å². The Morgan fingerprint density at radius 1 is 0.889 bits per heavy atom. The SMILES string of the molecule is COc1ccc(C[C@H]2NC(=O)/C=C/C[C@@H]([C@H](C)[C@H]3O[C@@H]3c3ccc(CCC(=O)OCc4ccc(CC(=O)[C@H](C)NC(=O)[C@@H](N)C(C)C)cc4)cc3)OC(=O)[C@H](CC(C)C)OC(=O)C(C)(C)CNC2=O)cc1Cl. The van der Waals surface area contributed by atoms with E-state index in [0.29, 0.717) is 22.8 Å². The Kier molecular flexibility index (Phi) is 20.5. The topological polar surface area (TPSA) is 231 Å². The Bertz CT molecular complexity index is 2420. The Hall–Kier alpha value is -6.10. The molecule has 2 aliphatic heterocycles. The Balaban J connectivity index is 1.18. The molecule has 16 nitrogen and oxygen atoms in total. The summed E-state index contributed by atoms with van der Waals surface area (Å²) in [5.41, 5.74) is 8.65. The van der Waals surface area contributed by atoms with E-state index in [9.17, 15) is 33.6 Å². The maximum absolute atomic E-state index is 13.9. The molecule has 1 fully saturated rings. The molecule has 0 aromatic heterocycles. The first kappa shape index (κ1) is 56.8. The largest absolute Gasteiger partial charge is 0.495 e. The number of nitrogens with one attached hydrogen (secondary N) is 3. The summed E-state index contributed by atoms with van der Waals surface area (Å²) in [5, 5.41) is 8.57. The van der Waals surface area contributed by atoms with Gasteiger partial charge in [-0.15, -0.1) is 0 Å². The third-order valence-electron chi connectivity index (χ3n) is 12.9. The van der Waals surface area contributed by atoms with E-state index < -0.39 is 59.5 Å². The average Bonchev–Trinajstić information content (AvgIpc) is 4.14. The van der Waals surface area contributed by atoms with Gasteiger partial charge in [-0.3, -0.25) is 28.8 Å². The van der Waals surface area contributed by atoms with Gasteiger partial charge in [-0.1, -0.05) is 107 Å². The van der Waals surface area contributed by atoms with Crippen LogP contribution < -0.4 is 26.4 Å². The number of amides is 3. The molecule has 17 heteroatoms. The number of benzene rings is 3. The zero-order chi connectivity index (χ0) is 52.9. The van der Waals surface area contributed by atoms with E-state index in [-0.39, 0.29) is 92.9 Å². The van der Waals surface area contributed by atoms with Gasteiger partial charge in [0.1, 0.15) is 30.6 Å². The predicted molar refractivity (Wildman–Crippen MR) is 270 cm³/mol. The van der Waals surface area contributed by atoms with Gasteiger partial charge < -0.3 is 45.4 Å². The predicted octanol–water partition coefficient (Wildman–Crippen LogP) is 6.40. The number of aryl methyl sites for hydroxylation is 1. The monoisotopic (exact) mass is 1010 g/mol. The maximum atomic E-state index is 13.9. The first-order chi connectivity index (χ1) is 34.0. The van der Waals surface area contributed by atoms with E-state index in [4.69, 9.17) is 41.0 Å². The van der Waals surface area contributed by atoms with E-state index in [2.05, 4.69) is 16.0 Å². The summed E-state index contributed by atoms with van der Waals surface area (Å²) in [6.45, 7) is 14.1.